The summed E-state index contributed by atoms with van der Waals surface area (Å²) >= 11 is 0. The lowest BCUT2D eigenvalue weighted by Gasteiger charge is -2.53. The maximum Gasteiger partial charge on any atom is 0.0726 e. The van der Waals surface area contributed by atoms with Crippen molar-refractivity contribution in [1.82, 2.24) is 4.90 Å². The Morgan fingerprint density at radius 2 is 1.74 bits per heavy atom. The molecule has 1 N–H and O–H groups in total. The molecule has 0 spiro atoms. The highest BCUT2D eigenvalue weighted by Gasteiger charge is 2.49. The highest BCUT2D eigenvalue weighted by atomic mass is 16.3. The van der Waals surface area contributed by atoms with Gasteiger partial charge in [-0.3, -0.25) is 4.90 Å². The summed E-state index contributed by atoms with van der Waals surface area (Å²) in [6.45, 7) is 8.70. The summed E-state index contributed by atoms with van der Waals surface area (Å²) in [5.41, 5.74) is 6.92. The minimum atomic E-state index is -0.586. The van der Waals surface area contributed by atoms with Gasteiger partial charge in [-0.2, -0.15) is 0 Å². The first-order valence-electron chi connectivity index (χ1n) is 10.5. The molecule has 3 unspecified atom stereocenters. The Kier molecular flexibility index (Phi) is 3.83. The third-order valence-electron chi connectivity index (χ3n) is 7.60. The zero-order valence-corrected chi connectivity index (χ0v) is 16.8. The first-order valence-corrected chi connectivity index (χ1v) is 10.5. The second kappa shape index (κ2) is 5.93. The normalized spacial score (nSPS) is 30.1. The van der Waals surface area contributed by atoms with E-state index in [-0.39, 0.29) is 5.41 Å². The lowest BCUT2D eigenvalue weighted by atomic mass is 9.66. The number of hydrogen-bond donors (Lipinski definition) is 1. The summed E-state index contributed by atoms with van der Waals surface area (Å²) in [5.74, 6) is 0.580. The largest absolute Gasteiger partial charge is 0.389 e. The first-order chi connectivity index (χ1) is 12.9. The smallest absolute Gasteiger partial charge is 0.0726 e. The second-order valence-corrected chi connectivity index (χ2v) is 10.0. The Hall–Kier alpha value is -1.64. The molecule has 0 saturated carbocycles. The van der Waals surface area contributed by atoms with Crippen LogP contribution in [0.2, 0.25) is 0 Å². The maximum atomic E-state index is 11.4. The number of benzene rings is 2. The monoisotopic (exact) mass is 361 g/mol. The number of nitrogens with zero attached hydrogens (tertiary/aromatic N) is 1. The van der Waals surface area contributed by atoms with Crippen LogP contribution >= 0.6 is 0 Å². The molecule has 2 aromatic rings. The molecule has 2 heteroatoms. The van der Waals surface area contributed by atoms with E-state index in [1.165, 1.54) is 22.3 Å². The number of fused-ring (bicyclic) bond motifs is 3. The molecule has 2 heterocycles. The van der Waals surface area contributed by atoms with E-state index in [2.05, 4.69) is 68.1 Å². The van der Waals surface area contributed by atoms with Crippen LogP contribution in [0.15, 0.2) is 42.5 Å². The number of rotatable bonds is 0. The van der Waals surface area contributed by atoms with Crippen molar-refractivity contribution >= 4 is 0 Å². The third-order valence-corrected chi connectivity index (χ3v) is 7.60. The molecule has 2 nitrogen and oxygen atoms in total. The van der Waals surface area contributed by atoms with Gasteiger partial charge in [0, 0.05) is 25.0 Å². The molecule has 1 saturated heterocycles. The Morgan fingerprint density at radius 1 is 1.00 bits per heavy atom. The van der Waals surface area contributed by atoms with E-state index < -0.39 is 5.60 Å². The van der Waals surface area contributed by atoms with Crippen molar-refractivity contribution in [2.24, 2.45) is 5.41 Å². The molecule has 0 bridgehead atoms. The molecule has 2 aliphatic heterocycles. The Balaban J connectivity index is 1.60. The highest BCUT2D eigenvalue weighted by molar-refractivity contribution is 5.49. The topological polar surface area (TPSA) is 23.5 Å². The molecule has 3 aliphatic rings. The van der Waals surface area contributed by atoms with Gasteiger partial charge in [0.15, 0.2) is 0 Å². The summed E-state index contributed by atoms with van der Waals surface area (Å²) in [4.78, 5) is 2.66. The van der Waals surface area contributed by atoms with Crippen molar-refractivity contribution in [3.05, 3.63) is 70.3 Å². The number of piperidine rings is 1. The van der Waals surface area contributed by atoms with E-state index in [0.717, 1.165) is 38.8 Å². The quantitative estimate of drug-likeness (QED) is 0.725. The van der Waals surface area contributed by atoms with E-state index in [0.29, 0.717) is 12.0 Å². The maximum absolute atomic E-state index is 11.4. The van der Waals surface area contributed by atoms with Crippen LogP contribution in [-0.4, -0.2) is 28.7 Å². The molecule has 1 fully saturated rings. The molecule has 0 radical (unpaired) electrons. The van der Waals surface area contributed by atoms with Gasteiger partial charge in [-0.15, -0.1) is 0 Å². The molecule has 27 heavy (non-hydrogen) atoms. The van der Waals surface area contributed by atoms with Crippen LogP contribution in [0.3, 0.4) is 0 Å². The standard InChI is InChI=1S/C25H31NO/c1-24(2,3)25(27)11-12-26-16-20-14-18-8-5-4-7-17(18)13-19-9-6-10-21(23(19)20)22(26)15-25/h4-10,20,22,27H,11-16H2,1-3H3. The number of hydrogen-bond acceptors (Lipinski definition) is 2. The van der Waals surface area contributed by atoms with Crippen LogP contribution in [0.1, 0.15) is 73.4 Å². The second-order valence-electron chi connectivity index (χ2n) is 10.0. The summed E-state index contributed by atoms with van der Waals surface area (Å²) in [6, 6.07) is 16.3. The number of aliphatic hydroxyl groups is 1. The summed E-state index contributed by atoms with van der Waals surface area (Å²) < 4.78 is 0. The fourth-order valence-electron chi connectivity index (χ4n) is 5.76. The average Bonchev–Trinajstić information content (AvgIpc) is 2.79. The molecule has 0 aromatic heterocycles. The molecule has 2 aromatic carbocycles. The highest BCUT2D eigenvalue weighted by Crippen LogP contribution is 2.51. The first kappa shape index (κ1) is 17.5. The van der Waals surface area contributed by atoms with Crippen LogP contribution in [0.25, 0.3) is 0 Å². The van der Waals surface area contributed by atoms with Gasteiger partial charge in [0.2, 0.25) is 0 Å². The van der Waals surface area contributed by atoms with Crippen molar-refractivity contribution in [1.29, 1.82) is 0 Å². The Bertz CT molecular complexity index is 880. The molecule has 1 aliphatic carbocycles. The van der Waals surface area contributed by atoms with Gasteiger partial charge >= 0.3 is 0 Å². The van der Waals surface area contributed by atoms with E-state index >= 15 is 0 Å². The summed E-state index contributed by atoms with van der Waals surface area (Å²) in [7, 11) is 0. The van der Waals surface area contributed by atoms with E-state index in [1.807, 2.05) is 0 Å². The van der Waals surface area contributed by atoms with Crippen molar-refractivity contribution in [2.75, 3.05) is 13.1 Å². The minimum absolute atomic E-state index is 0.0854. The molecular formula is C25H31NO. The summed E-state index contributed by atoms with van der Waals surface area (Å²) in [6.07, 6.45) is 3.93. The molecule has 3 atom stereocenters. The van der Waals surface area contributed by atoms with Crippen LogP contribution in [0, 0.1) is 5.41 Å². The van der Waals surface area contributed by atoms with Gasteiger partial charge in [-0.05, 0) is 58.9 Å². The third kappa shape index (κ3) is 2.68. The lowest BCUT2D eigenvalue weighted by Crippen LogP contribution is -2.55. The summed E-state index contributed by atoms with van der Waals surface area (Å²) in [5, 5.41) is 11.4. The fourth-order valence-corrected chi connectivity index (χ4v) is 5.76. The van der Waals surface area contributed by atoms with E-state index in [9.17, 15) is 5.11 Å². The predicted molar refractivity (Wildman–Crippen MR) is 110 cm³/mol. The van der Waals surface area contributed by atoms with Crippen molar-refractivity contribution < 1.29 is 5.11 Å². The van der Waals surface area contributed by atoms with Crippen LogP contribution in [0.4, 0.5) is 0 Å². The van der Waals surface area contributed by atoms with Gasteiger partial charge in [-0.1, -0.05) is 63.2 Å². The Morgan fingerprint density at radius 3 is 2.52 bits per heavy atom. The van der Waals surface area contributed by atoms with Gasteiger partial charge in [0.25, 0.3) is 0 Å². The van der Waals surface area contributed by atoms with Gasteiger partial charge in [0.1, 0.15) is 0 Å². The van der Waals surface area contributed by atoms with Crippen molar-refractivity contribution in [3.8, 4) is 0 Å². The Labute approximate surface area is 163 Å². The van der Waals surface area contributed by atoms with Crippen molar-refractivity contribution in [2.45, 2.75) is 64.0 Å². The fraction of sp³-hybridized carbons (Fsp3) is 0.520. The van der Waals surface area contributed by atoms with Crippen molar-refractivity contribution in [3.63, 3.8) is 0 Å². The van der Waals surface area contributed by atoms with Crippen LogP contribution in [-0.2, 0) is 12.8 Å². The molecular weight excluding hydrogens is 330 g/mol. The molecule has 0 amide bonds. The SMILES string of the molecule is CC(C)(C)C1(O)CCN2CC3Cc4ccccc4Cc4cccc(c43)C2C1. The predicted octanol–water partition coefficient (Wildman–Crippen LogP) is 4.84. The van der Waals surface area contributed by atoms with E-state index in [4.69, 9.17) is 0 Å². The minimum Gasteiger partial charge on any atom is -0.389 e. The molecule has 5 rings (SSSR count). The zero-order chi connectivity index (χ0) is 18.8. The van der Waals surface area contributed by atoms with Gasteiger partial charge in [0.05, 0.1) is 5.60 Å². The van der Waals surface area contributed by atoms with Crippen LogP contribution < -0.4 is 0 Å². The van der Waals surface area contributed by atoms with Gasteiger partial charge in [-0.25, -0.2) is 0 Å². The molecule has 142 valence electrons. The lowest BCUT2D eigenvalue weighted by molar-refractivity contribution is -0.120. The van der Waals surface area contributed by atoms with Gasteiger partial charge < -0.3 is 5.11 Å². The zero-order valence-electron chi connectivity index (χ0n) is 16.8. The van der Waals surface area contributed by atoms with Crippen LogP contribution in [0.5, 0.6) is 0 Å². The van der Waals surface area contributed by atoms with E-state index in [1.54, 1.807) is 5.56 Å². The average molecular weight is 362 g/mol.